The summed E-state index contributed by atoms with van der Waals surface area (Å²) >= 11 is 4.70. The number of thioether (sulfide) groups is 2. The van der Waals surface area contributed by atoms with Crippen molar-refractivity contribution in [3.8, 4) is 0 Å². The highest BCUT2D eigenvalue weighted by Gasteiger charge is 2.30. The Morgan fingerprint density at radius 1 is 0.826 bits per heavy atom. The first-order chi connectivity index (χ1) is 11.1. The number of thiophene rings is 1. The lowest BCUT2D eigenvalue weighted by molar-refractivity contribution is 0.0475. The number of carbonyl (C=O) groups excluding carboxylic acids is 2. The van der Waals surface area contributed by atoms with Crippen molar-refractivity contribution in [2.24, 2.45) is 0 Å². The zero-order valence-electron chi connectivity index (χ0n) is 14.1. The molecule has 1 aromatic heterocycles. The molecule has 0 atom stereocenters. The predicted molar refractivity (Wildman–Crippen MR) is 98.3 cm³/mol. The predicted octanol–water partition coefficient (Wildman–Crippen LogP) is 5.11. The van der Waals surface area contributed by atoms with Crippen LogP contribution in [0.4, 0.5) is 0 Å². The number of hydrogen-bond acceptors (Lipinski definition) is 7. The van der Waals surface area contributed by atoms with E-state index in [-0.39, 0.29) is 13.2 Å². The third-order valence-corrected chi connectivity index (χ3v) is 6.82. The summed E-state index contributed by atoms with van der Waals surface area (Å²) in [6.45, 7) is 8.27. The van der Waals surface area contributed by atoms with Crippen LogP contribution in [0.15, 0.2) is 8.42 Å². The van der Waals surface area contributed by atoms with Gasteiger partial charge >= 0.3 is 11.9 Å². The SMILES string of the molecule is CCCSc1sc(SCCC)c(C(=O)OCC)c1C(=O)OCC. The van der Waals surface area contributed by atoms with Gasteiger partial charge in [-0.1, -0.05) is 13.8 Å². The molecular weight excluding hydrogens is 352 g/mol. The lowest BCUT2D eigenvalue weighted by Gasteiger charge is -2.07. The van der Waals surface area contributed by atoms with Crippen LogP contribution in [0, 0.1) is 0 Å². The normalized spacial score (nSPS) is 10.6. The summed E-state index contributed by atoms with van der Waals surface area (Å²) in [7, 11) is 0. The van der Waals surface area contributed by atoms with Gasteiger partial charge in [-0.05, 0) is 38.2 Å². The Hall–Kier alpha value is -0.660. The van der Waals surface area contributed by atoms with Gasteiger partial charge in [0.1, 0.15) is 0 Å². The quantitative estimate of drug-likeness (QED) is 0.418. The number of rotatable bonds is 10. The molecule has 0 saturated carbocycles. The van der Waals surface area contributed by atoms with Crippen LogP contribution in [-0.4, -0.2) is 36.7 Å². The molecule has 0 bridgehead atoms. The van der Waals surface area contributed by atoms with Crippen LogP contribution < -0.4 is 0 Å². The third-order valence-electron chi connectivity index (χ3n) is 2.68. The van der Waals surface area contributed by atoms with Gasteiger partial charge in [0.25, 0.3) is 0 Å². The van der Waals surface area contributed by atoms with Crippen molar-refractivity contribution in [1.29, 1.82) is 0 Å². The van der Waals surface area contributed by atoms with E-state index in [2.05, 4.69) is 13.8 Å². The topological polar surface area (TPSA) is 52.6 Å². The number of esters is 2. The van der Waals surface area contributed by atoms with Gasteiger partial charge in [0.15, 0.2) is 0 Å². The zero-order chi connectivity index (χ0) is 17.2. The van der Waals surface area contributed by atoms with Gasteiger partial charge in [-0.15, -0.1) is 34.9 Å². The van der Waals surface area contributed by atoms with Crippen LogP contribution in [0.25, 0.3) is 0 Å². The summed E-state index contributed by atoms with van der Waals surface area (Å²) in [6, 6.07) is 0. The van der Waals surface area contributed by atoms with Crippen LogP contribution in [0.5, 0.6) is 0 Å². The fourth-order valence-corrected chi connectivity index (χ4v) is 5.57. The monoisotopic (exact) mass is 376 g/mol. The molecular formula is C16H24O4S3. The van der Waals surface area contributed by atoms with E-state index in [0.29, 0.717) is 11.1 Å². The molecule has 0 aliphatic heterocycles. The van der Waals surface area contributed by atoms with E-state index in [0.717, 1.165) is 32.8 Å². The number of hydrogen-bond donors (Lipinski definition) is 0. The summed E-state index contributed by atoms with van der Waals surface area (Å²) in [5.74, 6) is 0.919. The Bertz CT molecular complexity index is 481. The van der Waals surface area contributed by atoms with E-state index in [1.54, 1.807) is 37.4 Å². The maximum atomic E-state index is 12.4. The molecule has 130 valence electrons. The summed E-state index contributed by atoms with van der Waals surface area (Å²) in [4.78, 5) is 24.8. The molecule has 0 fully saturated rings. The van der Waals surface area contributed by atoms with Crippen molar-refractivity contribution >= 4 is 46.8 Å². The van der Waals surface area contributed by atoms with E-state index in [9.17, 15) is 9.59 Å². The minimum Gasteiger partial charge on any atom is -0.462 e. The molecule has 23 heavy (non-hydrogen) atoms. The average molecular weight is 377 g/mol. The van der Waals surface area contributed by atoms with Crippen molar-refractivity contribution in [3.05, 3.63) is 11.1 Å². The van der Waals surface area contributed by atoms with Crippen LogP contribution in [-0.2, 0) is 9.47 Å². The minimum absolute atomic E-state index is 0.284. The highest BCUT2D eigenvalue weighted by molar-refractivity contribution is 8.03. The molecule has 0 N–H and O–H groups in total. The maximum Gasteiger partial charge on any atom is 0.341 e. The van der Waals surface area contributed by atoms with Gasteiger partial charge in [-0.2, -0.15) is 0 Å². The highest BCUT2D eigenvalue weighted by Crippen LogP contribution is 2.42. The van der Waals surface area contributed by atoms with E-state index in [4.69, 9.17) is 9.47 Å². The molecule has 0 spiro atoms. The largest absolute Gasteiger partial charge is 0.462 e. The first-order valence-electron chi connectivity index (χ1n) is 7.87. The molecule has 0 unspecified atom stereocenters. The van der Waals surface area contributed by atoms with Crippen LogP contribution in [0.3, 0.4) is 0 Å². The molecule has 7 heteroatoms. The van der Waals surface area contributed by atoms with Crippen molar-refractivity contribution in [2.75, 3.05) is 24.7 Å². The molecule has 0 aromatic carbocycles. The maximum absolute atomic E-state index is 12.4. The lowest BCUT2D eigenvalue weighted by atomic mass is 10.2. The first-order valence-corrected chi connectivity index (χ1v) is 10.7. The Morgan fingerprint density at radius 3 is 1.52 bits per heavy atom. The Balaban J connectivity index is 3.33. The lowest BCUT2D eigenvalue weighted by Crippen LogP contribution is -2.13. The van der Waals surface area contributed by atoms with Crippen molar-refractivity contribution in [1.82, 2.24) is 0 Å². The molecule has 0 aliphatic carbocycles. The standard InChI is InChI=1S/C16H24O4S3/c1-5-9-21-15-11(13(17)19-7-3)12(14(18)20-8-4)16(23-15)22-10-6-2/h5-10H2,1-4H3. The second-order valence-corrected chi connectivity index (χ2v) is 8.31. The van der Waals surface area contributed by atoms with Crippen molar-refractivity contribution < 1.29 is 19.1 Å². The van der Waals surface area contributed by atoms with Crippen molar-refractivity contribution in [3.63, 3.8) is 0 Å². The Morgan fingerprint density at radius 2 is 1.22 bits per heavy atom. The van der Waals surface area contributed by atoms with Crippen LogP contribution in [0.2, 0.25) is 0 Å². The Labute approximate surface area is 150 Å². The molecule has 0 amide bonds. The van der Waals surface area contributed by atoms with Gasteiger partial charge in [0.2, 0.25) is 0 Å². The van der Waals surface area contributed by atoms with E-state index < -0.39 is 11.9 Å². The smallest absolute Gasteiger partial charge is 0.341 e. The molecule has 0 aliphatic rings. The molecule has 1 heterocycles. The summed E-state index contributed by atoms with van der Waals surface area (Å²) < 4.78 is 12.1. The highest BCUT2D eigenvalue weighted by atomic mass is 32.2. The molecule has 0 radical (unpaired) electrons. The fourth-order valence-electron chi connectivity index (χ4n) is 1.76. The average Bonchev–Trinajstić information content (AvgIpc) is 2.90. The molecule has 0 saturated heterocycles. The van der Waals surface area contributed by atoms with Gasteiger partial charge in [0, 0.05) is 0 Å². The minimum atomic E-state index is -0.436. The van der Waals surface area contributed by atoms with Gasteiger partial charge in [-0.3, -0.25) is 0 Å². The second-order valence-electron chi connectivity index (χ2n) is 4.56. The van der Waals surface area contributed by atoms with Crippen molar-refractivity contribution in [2.45, 2.75) is 49.0 Å². The second kappa shape index (κ2) is 11.0. The van der Waals surface area contributed by atoms with Gasteiger partial charge in [0.05, 0.1) is 32.8 Å². The van der Waals surface area contributed by atoms with Gasteiger partial charge < -0.3 is 9.47 Å². The number of carbonyl (C=O) groups is 2. The summed E-state index contributed by atoms with van der Waals surface area (Å²) in [5, 5.41) is 0. The molecule has 1 aromatic rings. The molecule has 4 nitrogen and oxygen atoms in total. The Kier molecular flexibility index (Phi) is 9.74. The molecule has 1 rings (SSSR count). The third kappa shape index (κ3) is 5.72. The zero-order valence-corrected chi connectivity index (χ0v) is 16.5. The van der Waals surface area contributed by atoms with E-state index >= 15 is 0 Å². The number of ether oxygens (including phenoxy) is 2. The van der Waals surface area contributed by atoms with Crippen LogP contribution in [0.1, 0.15) is 61.3 Å². The van der Waals surface area contributed by atoms with Gasteiger partial charge in [-0.25, -0.2) is 9.59 Å². The fraction of sp³-hybridized carbons (Fsp3) is 0.625. The van der Waals surface area contributed by atoms with Crippen LogP contribution >= 0.6 is 34.9 Å². The van der Waals surface area contributed by atoms with E-state index in [1.807, 2.05) is 0 Å². The first kappa shape index (κ1) is 20.4. The van der Waals surface area contributed by atoms with E-state index in [1.165, 1.54) is 11.3 Å². The summed E-state index contributed by atoms with van der Waals surface area (Å²) in [5.41, 5.74) is 0.764. The summed E-state index contributed by atoms with van der Waals surface area (Å²) in [6.07, 6.45) is 1.99.